The van der Waals surface area contributed by atoms with Crippen LogP contribution in [-0.2, 0) is 26.0 Å². The normalized spacial score (nSPS) is 14.9. The van der Waals surface area contributed by atoms with E-state index in [-0.39, 0.29) is 30.0 Å². The van der Waals surface area contributed by atoms with E-state index in [9.17, 15) is 22.8 Å². The minimum absolute atomic E-state index is 0.0956. The zero-order valence-corrected chi connectivity index (χ0v) is 23.4. The minimum Gasteiger partial charge on any atom is -0.352 e. The highest BCUT2D eigenvalue weighted by atomic mass is 32.2. The maximum Gasteiger partial charge on any atom is 0.244 e. The summed E-state index contributed by atoms with van der Waals surface area (Å²) in [7, 11) is -3.86. The van der Waals surface area contributed by atoms with Crippen LogP contribution < -0.4 is 9.62 Å². The molecule has 2 amide bonds. The highest BCUT2D eigenvalue weighted by Gasteiger charge is 2.32. The Balaban J connectivity index is 1.88. The van der Waals surface area contributed by atoms with Crippen LogP contribution in [0.1, 0.15) is 68.3 Å². The number of carbonyl (C=O) groups excluding carboxylic acids is 3. The van der Waals surface area contributed by atoms with Crippen LogP contribution in [0.2, 0.25) is 0 Å². The van der Waals surface area contributed by atoms with Crippen LogP contribution in [0.4, 0.5) is 5.69 Å². The fraction of sp³-hybridized carbons (Fsp3) is 0.483. The number of amides is 2. The van der Waals surface area contributed by atoms with Crippen molar-refractivity contribution in [2.45, 2.75) is 70.9 Å². The van der Waals surface area contributed by atoms with Crippen molar-refractivity contribution in [1.82, 2.24) is 10.2 Å². The molecule has 1 saturated carbocycles. The number of Topliss-reactive ketones (excluding diaryl/α,β-unsaturated/α-hetero) is 1. The SMILES string of the molecule is CCC(C(=O)NC1CCCCC1)N(CCc1ccccc1)C(=O)CN(c1cccc(C(C)=O)c1)S(C)(=O)=O. The van der Waals surface area contributed by atoms with Gasteiger partial charge in [-0.15, -0.1) is 0 Å². The van der Waals surface area contributed by atoms with Crippen molar-refractivity contribution in [1.29, 1.82) is 0 Å². The summed E-state index contributed by atoms with van der Waals surface area (Å²) in [5, 5.41) is 3.14. The molecular formula is C29H39N3O5S. The van der Waals surface area contributed by atoms with E-state index in [1.807, 2.05) is 37.3 Å². The zero-order valence-electron chi connectivity index (χ0n) is 22.6. The van der Waals surface area contributed by atoms with E-state index in [4.69, 9.17) is 0 Å². The molecule has 2 aromatic rings. The number of nitrogens with zero attached hydrogens (tertiary/aromatic N) is 2. The van der Waals surface area contributed by atoms with Crippen molar-refractivity contribution >= 4 is 33.3 Å². The van der Waals surface area contributed by atoms with Gasteiger partial charge in [0.1, 0.15) is 12.6 Å². The molecule has 0 bridgehead atoms. The molecule has 0 radical (unpaired) electrons. The number of sulfonamides is 1. The molecule has 1 unspecified atom stereocenters. The first-order chi connectivity index (χ1) is 18.1. The lowest BCUT2D eigenvalue weighted by atomic mass is 9.95. The van der Waals surface area contributed by atoms with E-state index in [0.29, 0.717) is 18.4 Å². The van der Waals surface area contributed by atoms with Gasteiger partial charge in [-0.2, -0.15) is 0 Å². The van der Waals surface area contributed by atoms with Crippen LogP contribution in [0.3, 0.4) is 0 Å². The average Bonchev–Trinajstić information content (AvgIpc) is 2.90. The Labute approximate surface area is 226 Å². The number of ketones is 1. The topological polar surface area (TPSA) is 104 Å². The molecule has 0 aromatic heterocycles. The van der Waals surface area contributed by atoms with E-state index in [1.165, 1.54) is 17.9 Å². The van der Waals surface area contributed by atoms with Gasteiger partial charge >= 0.3 is 0 Å². The van der Waals surface area contributed by atoms with Crippen molar-refractivity contribution in [3.05, 3.63) is 65.7 Å². The largest absolute Gasteiger partial charge is 0.352 e. The van der Waals surface area contributed by atoms with Gasteiger partial charge in [0.25, 0.3) is 0 Å². The lowest BCUT2D eigenvalue weighted by Gasteiger charge is -2.34. The van der Waals surface area contributed by atoms with Gasteiger partial charge in [0.2, 0.25) is 21.8 Å². The molecule has 9 heteroatoms. The third kappa shape index (κ3) is 8.15. The summed E-state index contributed by atoms with van der Waals surface area (Å²) in [6.45, 7) is 3.06. The van der Waals surface area contributed by atoms with Crippen LogP contribution in [0.15, 0.2) is 54.6 Å². The smallest absolute Gasteiger partial charge is 0.244 e. The number of benzene rings is 2. The molecule has 1 aliphatic rings. The van der Waals surface area contributed by atoms with Gasteiger partial charge in [-0.25, -0.2) is 8.42 Å². The Hall–Kier alpha value is -3.20. The molecule has 0 heterocycles. The van der Waals surface area contributed by atoms with Crippen LogP contribution in [0, 0.1) is 0 Å². The Morgan fingerprint density at radius 2 is 1.68 bits per heavy atom. The highest BCUT2D eigenvalue weighted by molar-refractivity contribution is 7.92. The zero-order chi connectivity index (χ0) is 27.7. The fourth-order valence-electron chi connectivity index (χ4n) is 4.93. The Morgan fingerprint density at radius 1 is 1.00 bits per heavy atom. The molecule has 0 spiro atoms. The van der Waals surface area contributed by atoms with E-state index in [2.05, 4.69) is 5.32 Å². The maximum atomic E-state index is 13.8. The first kappa shape index (κ1) is 29.4. The average molecular weight is 542 g/mol. The molecule has 0 aliphatic heterocycles. The summed E-state index contributed by atoms with van der Waals surface area (Å²) >= 11 is 0. The van der Waals surface area contributed by atoms with E-state index in [1.54, 1.807) is 18.2 Å². The number of rotatable bonds is 12. The first-order valence-electron chi connectivity index (χ1n) is 13.3. The summed E-state index contributed by atoms with van der Waals surface area (Å²) in [5.74, 6) is -0.878. The molecule has 0 saturated heterocycles. The van der Waals surface area contributed by atoms with Crippen LogP contribution >= 0.6 is 0 Å². The summed E-state index contributed by atoms with van der Waals surface area (Å²) in [5.41, 5.74) is 1.60. The molecule has 3 rings (SSSR count). The van der Waals surface area contributed by atoms with E-state index in [0.717, 1.165) is 48.2 Å². The van der Waals surface area contributed by atoms with Crippen molar-refractivity contribution in [3.8, 4) is 0 Å². The summed E-state index contributed by atoms with van der Waals surface area (Å²) in [4.78, 5) is 40.6. The number of hydrogen-bond acceptors (Lipinski definition) is 5. The molecule has 1 fully saturated rings. The van der Waals surface area contributed by atoms with Crippen molar-refractivity contribution in [2.24, 2.45) is 0 Å². The number of carbonyl (C=O) groups is 3. The van der Waals surface area contributed by atoms with E-state index < -0.39 is 28.5 Å². The fourth-order valence-corrected chi connectivity index (χ4v) is 5.78. The molecule has 206 valence electrons. The molecule has 2 aromatic carbocycles. The third-order valence-corrected chi connectivity index (χ3v) is 8.18. The molecule has 1 N–H and O–H groups in total. The summed E-state index contributed by atoms with van der Waals surface area (Å²) in [6.07, 6.45) is 7.11. The predicted octanol–water partition coefficient (Wildman–Crippen LogP) is 3.95. The molecule has 1 atom stereocenters. The van der Waals surface area contributed by atoms with Gasteiger partial charge < -0.3 is 10.2 Å². The molecule has 8 nitrogen and oxygen atoms in total. The summed E-state index contributed by atoms with van der Waals surface area (Å²) < 4.78 is 26.6. The quantitative estimate of drug-likeness (QED) is 0.410. The second-order valence-electron chi connectivity index (χ2n) is 9.97. The maximum absolute atomic E-state index is 13.8. The standard InChI is InChI=1S/C29H39N3O5S/c1-4-27(29(35)30-25-15-9-6-10-16-25)31(19-18-23-12-7-5-8-13-23)28(34)21-32(38(3,36)37)26-17-11-14-24(20-26)22(2)33/h5,7-8,11-14,17,20,25,27H,4,6,9-10,15-16,18-19,21H2,1-3H3,(H,30,35). The molecular weight excluding hydrogens is 502 g/mol. The Morgan fingerprint density at radius 3 is 2.29 bits per heavy atom. The van der Waals surface area contributed by atoms with Crippen LogP contribution in [0.5, 0.6) is 0 Å². The second kappa shape index (κ2) is 13.6. The van der Waals surface area contributed by atoms with E-state index >= 15 is 0 Å². The monoisotopic (exact) mass is 541 g/mol. The molecule has 1 aliphatic carbocycles. The molecule has 38 heavy (non-hydrogen) atoms. The second-order valence-corrected chi connectivity index (χ2v) is 11.9. The van der Waals surface area contributed by atoms with Gasteiger partial charge in [-0.3, -0.25) is 18.7 Å². The summed E-state index contributed by atoms with van der Waals surface area (Å²) in [6, 6.07) is 15.3. The lowest BCUT2D eigenvalue weighted by molar-refractivity contribution is -0.140. The Bertz CT molecular complexity index is 1210. The lowest BCUT2D eigenvalue weighted by Crippen LogP contribution is -2.54. The minimum atomic E-state index is -3.86. The highest BCUT2D eigenvalue weighted by Crippen LogP contribution is 2.22. The van der Waals surface area contributed by atoms with Gasteiger partial charge in [0.15, 0.2) is 5.78 Å². The van der Waals surface area contributed by atoms with Gasteiger partial charge in [-0.1, -0.05) is 68.7 Å². The van der Waals surface area contributed by atoms with Crippen molar-refractivity contribution < 1.29 is 22.8 Å². The number of hydrogen-bond donors (Lipinski definition) is 1. The Kier molecular flexibility index (Phi) is 10.5. The third-order valence-electron chi connectivity index (χ3n) is 7.04. The number of nitrogens with one attached hydrogen (secondary N) is 1. The van der Waals surface area contributed by atoms with Gasteiger partial charge in [0, 0.05) is 18.2 Å². The number of anilines is 1. The predicted molar refractivity (Wildman–Crippen MR) is 150 cm³/mol. The van der Waals surface area contributed by atoms with Crippen LogP contribution in [0.25, 0.3) is 0 Å². The van der Waals surface area contributed by atoms with Gasteiger partial charge in [0.05, 0.1) is 11.9 Å². The van der Waals surface area contributed by atoms with Gasteiger partial charge in [-0.05, 0) is 50.3 Å². The van der Waals surface area contributed by atoms with Crippen molar-refractivity contribution in [2.75, 3.05) is 23.7 Å². The first-order valence-corrected chi connectivity index (χ1v) is 15.2. The van der Waals surface area contributed by atoms with Crippen molar-refractivity contribution in [3.63, 3.8) is 0 Å². The van der Waals surface area contributed by atoms with Crippen LogP contribution in [-0.4, -0.2) is 62.3 Å².